The van der Waals surface area contributed by atoms with E-state index < -0.39 is 39.3 Å². The number of non-ortho nitro benzene ring substituents is 1. The largest absolute Gasteiger partial charge is 0.352 e. The number of nitrogens with zero attached hydrogens (tertiary/aromatic N) is 3. The predicted octanol–water partition coefficient (Wildman–Crippen LogP) is 5.43. The molecule has 218 valence electrons. The van der Waals surface area contributed by atoms with E-state index in [1.54, 1.807) is 45.0 Å². The molecule has 1 N–H and O–H groups in total. The van der Waals surface area contributed by atoms with E-state index in [2.05, 4.69) is 5.32 Å². The molecule has 1 atom stereocenters. The second-order valence-corrected chi connectivity index (χ2v) is 12.1. The molecule has 0 aromatic heterocycles. The van der Waals surface area contributed by atoms with Crippen LogP contribution in [0.3, 0.4) is 0 Å². The highest BCUT2D eigenvalue weighted by Crippen LogP contribution is 2.28. The van der Waals surface area contributed by atoms with Gasteiger partial charge in [-0.25, -0.2) is 8.42 Å². The molecule has 3 rings (SSSR count). The lowest BCUT2D eigenvalue weighted by molar-refractivity contribution is -0.384. The Morgan fingerprint density at radius 1 is 0.976 bits per heavy atom. The highest BCUT2D eigenvalue weighted by atomic mass is 35.5. The van der Waals surface area contributed by atoms with Crippen molar-refractivity contribution in [1.82, 2.24) is 10.2 Å². The number of carbonyl (C=O) groups excluding carboxylic acids is 2. The fourth-order valence-electron chi connectivity index (χ4n) is 4.15. The van der Waals surface area contributed by atoms with Crippen molar-refractivity contribution in [3.05, 3.63) is 98.5 Å². The third-order valence-electron chi connectivity index (χ3n) is 6.09. The summed E-state index contributed by atoms with van der Waals surface area (Å²) in [7, 11) is -4.36. The molecular formula is C28H30Cl2N4O6S. The molecule has 0 radical (unpaired) electrons. The van der Waals surface area contributed by atoms with Crippen LogP contribution in [0.5, 0.6) is 0 Å². The number of carbonyl (C=O) groups is 2. The van der Waals surface area contributed by atoms with Crippen molar-refractivity contribution in [3.8, 4) is 0 Å². The van der Waals surface area contributed by atoms with Gasteiger partial charge in [0, 0.05) is 24.7 Å². The van der Waals surface area contributed by atoms with Crippen molar-refractivity contribution in [2.75, 3.05) is 10.8 Å². The number of nitro benzene ring substituents is 1. The molecule has 0 heterocycles. The zero-order chi connectivity index (χ0) is 30.3. The maximum Gasteiger partial charge on any atom is 0.271 e. The van der Waals surface area contributed by atoms with Crippen LogP contribution >= 0.6 is 23.2 Å². The summed E-state index contributed by atoms with van der Waals surface area (Å²) in [5, 5.41) is 14.8. The first kappa shape index (κ1) is 31.9. The number of sulfonamides is 1. The number of rotatable bonds is 12. The Morgan fingerprint density at radius 2 is 1.66 bits per heavy atom. The predicted molar refractivity (Wildman–Crippen MR) is 158 cm³/mol. The van der Waals surface area contributed by atoms with Crippen LogP contribution in [-0.4, -0.2) is 48.7 Å². The second-order valence-electron chi connectivity index (χ2n) is 9.46. The number of hydrogen-bond donors (Lipinski definition) is 1. The molecular weight excluding hydrogens is 591 g/mol. The third kappa shape index (κ3) is 7.96. The van der Waals surface area contributed by atoms with E-state index in [1.165, 1.54) is 47.4 Å². The second kappa shape index (κ2) is 13.8. The number of hydrogen-bond acceptors (Lipinski definition) is 6. The summed E-state index contributed by atoms with van der Waals surface area (Å²) in [6.45, 7) is 4.50. The molecule has 0 saturated heterocycles. The molecule has 0 aliphatic rings. The van der Waals surface area contributed by atoms with E-state index >= 15 is 0 Å². The number of anilines is 1. The first-order chi connectivity index (χ1) is 19.3. The Balaban J connectivity index is 2.11. The van der Waals surface area contributed by atoms with Crippen molar-refractivity contribution in [3.63, 3.8) is 0 Å². The Hall–Kier alpha value is -3.67. The van der Waals surface area contributed by atoms with Crippen molar-refractivity contribution < 1.29 is 22.9 Å². The van der Waals surface area contributed by atoms with Gasteiger partial charge in [0.25, 0.3) is 15.7 Å². The molecule has 0 aliphatic carbocycles. The highest BCUT2D eigenvalue weighted by Gasteiger charge is 2.34. The summed E-state index contributed by atoms with van der Waals surface area (Å²) in [5.74, 6) is -1.11. The van der Waals surface area contributed by atoms with E-state index in [0.29, 0.717) is 10.6 Å². The average Bonchev–Trinajstić information content (AvgIpc) is 2.93. The normalized spacial score (nSPS) is 12.0. The van der Waals surface area contributed by atoms with Gasteiger partial charge in [-0.1, -0.05) is 60.5 Å². The van der Waals surface area contributed by atoms with Crippen LogP contribution in [0, 0.1) is 10.1 Å². The van der Waals surface area contributed by atoms with Crippen LogP contribution in [0.15, 0.2) is 77.7 Å². The number of benzene rings is 3. The van der Waals surface area contributed by atoms with Gasteiger partial charge in [0.1, 0.15) is 12.6 Å². The summed E-state index contributed by atoms with van der Waals surface area (Å²) in [6, 6.07) is 16.0. The van der Waals surface area contributed by atoms with Crippen molar-refractivity contribution in [2.45, 2.75) is 50.7 Å². The zero-order valence-electron chi connectivity index (χ0n) is 22.7. The molecule has 41 heavy (non-hydrogen) atoms. The molecule has 0 bridgehead atoms. The van der Waals surface area contributed by atoms with Crippen LogP contribution in [0.4, 0.5) is 11.4 Å². The minimum atomic E-state index is -4.36. The number of nitro groups is 1. The molecule has 0 saturated carbocycles. The quantitative estimate of drug-likeness (QED) is 0.212. The van der Waals surface area contributed by atoms with Gasteiger partial charge in [-0.3, -0.25) is 24.0 Å². The monoisotopic (exact) mass is 620 g/mol. The van der Waals surface area contributed by atoms with Gasteiger partial charge in [-0.2, -0.15) is 0 Å². The lowest BCUT2D eigenvalue weighted by Crippen LogP contribution is -2.53. The maximum atomic E-state index is 14.0. The van der Waals surface area contributed by atoms with Gasteiger partial charge >= 0.3 is 0 Å². The third-order valence-corrected chi connectivity index (χ3v) is 8.62. The molecule has 3 aromatic carbocycles. The van der Waals surface area contributed by atoms with Crippen LogP contribution in [0.2, 0.25) is 10.0 Å². The average molecular weight is 622 g/mol. The Morgan fingerprint density at radius 3 is 2.24 bits per heavy atom. The van der Waals surface area contributed by atoms with E-state index in [0.717, 1.165) is 10.4 Å². The lowest BCUT2D eigenvalue weighted by Gasteiger charge is -2.33. The lowest BCUT2D eigenvalue weighted by atomic mass is 10.1. The molecule has 0 aliphatic heterocycles. The van der Waals surface area contributed by atoms with E-state index in [1.807, 2.05) is 0 Å². The molecule has 0 fully saturated rings. The van der Waals surface area contributed by atoms with Gasteiger partial charge in [0.15, 0.2) is 0 Å². The van der Waals surface area contributed by atoms with Crippen LogP contribution < -0.4 is 9.62 Å². The minimum Gasteiger partial charge on any atom is -0.352 e. The summed E-state index contributed by atoms with van der Waals surface area (Å²) in [4.78, 5) is 39.2. The fourth-order valence-corrected chi connectivity index (χ4v) is 5.89. The Labute approximate surface area is 249 Å². The molecule has 3 aromatic rings. The zero-order valence-corrected chi connectivity index (χ0v) is 25.0. The standard InChI is InChI=1S/C28H30Cl2N4O6S/c1-4-26(28(36)31-19(2)3)32(17-20-13-14-24(29)25(30)15-20)27(35)18-33(21-9-8-10-22(16-21)34(37)38)41(39,40)23-11-6-5-7-12-23/h5-16,19,26H,4,17-18H2,1-3H3,(H,31,36)/t26-/m0/s1. The molecule has 10 nitrogen and oxygen atoms in total. The van der Waals surface area contributed by atoms with Crippen molar-refractivity contribution in [2.24, 2.45) is 0 Å². The van der Waals surface area contributed by atoms with Gasteiger partial charge in [0.05, 0.1) is 25.6 Å². The SMILES string of the molecule is CC[C@@H](C(=O)NC(C)C)N(Cc1ccc(Cl)c(Cl)c1)C(=O)CN(c1cccc([N+](=O)[O-])c1)S(=O)(=O)c1ccccc1. The summed E-state index contributed by atoms with van der Waals surface area (Å²) >= 11 is 12.3. The summed E-state index contributed by atoms with van der Waals surface area (Å²) < 4.78 is 28.4. The minimum absolute atomic E-state index is 0.0755. The molecule has 0 unspecified atom stereocenters. The van der Waals surface area contributed by atoms with Gasteiger partial charge < -0.3 is 10.2 Å². The van der Waals surface area contributed by atoms with Gasteiger partial charge in [-0.15, -0.1) is 0 Å². The fraction of sp³-hybridized carbons (Fsp3) is 0.286. The van der Waals surface area contributed by atoms with Crippen LogP contribution in [-0.2, 0) is 26.2 Å². The van der Waals surface area contributed by atoms with Crippen molar-refractivity contribution >= 4 is 56.4 Å². The van der Waals surface area contributed by atoms with E-state index in [-0.39, 0.29) is 40.3 Å². The van der Waals surface area contributed by atoms with Crippen LogP contribution in [0.25, 0.3) is 0 Å². The van der Waals surface area contributed by atoms with Crippen molar-refractivity contribution in [1.29, 1.82) is 0 Å². The van der Waals surface area contributed by atoms with Gasteiger partial charge in [0.2, 0.25) is 11.8 Å². The first-order valence-electron chi connectivity index (χ1n) is 12.7. The molecule has 13 heteroatoms. The number of nitrogens with one attached hydrogen (secondary N) is 1. The van der Waals surface area contributed by atoms with E-state index in [4.69, 9.17) is 23.2 Å². The smallest absolute Gasteiger partial charge is 0.271 e. The van der Waals surface area contributed by atoms with Gasteiger partial charge in [-0.05, 0) is 56.2 Å². The highest BCUT2D eigenvalue weighted by molar-refractivity contribution is 7.92. The number of amides is 2. The summed E-state index contributed by atoms with van der Waals surface area (Å²) in [6.07, 6.45) is 0.230. The number of halogens is 2. The molecule has 2 amide bonds. The topological polar surface area (TPSA) is 130 Å². The maximum absolute atomic E-state index is 14.0. The Bertz CT molecular complexity index is 1520. The molecule has 0 spiro atoms. The van der Waals surface area contributed by atoms with E-state index in [9.17, 15) is 28.1 Å². The van der Waals surface area contributed by atoms with Crippen LogP contribution in [0.1, 0.15) is 32.8 Å². The summed E-state index contributed by atoms with van der Waals surface area (Å²) in [5.41, 5.74) is 0.139. The first-order valence-corrected chi connectivity index (χ1v) is 14.9. The Kier molecular flexibility index (Phi) is 10.7.